The molecule has 0 amide bonds. The summed E-state index contributed by atoms with van der Waals surface area (Å²) < 4.78 is 40.9. The third-order valence-electron chi connectivity index (χ3n) is 2.22. The van der Waals surface area contributed by atoms with Gasteiger partial charge in [-0.2, -0.15) is 18.2 Å². The minimum Gasteiger partial charge on any atom is -0.478 e. The molecule has 1 heterocycles. The van der Waals surface area contributed by atoms with Crippen LogP contribution in [0.4, 0.5) is 19.0 Å². The first-order chi connectivity index (χ1) is 13.0. The van der Waals surface area contributed by atoms with Gasteiger partial charge in [-0.15, -0.1) is 0 Å². The molecule has 1 aromatic rings. The SMILES string of the molecule is NC(=NCC(F)(F)F)Nc1cncc(OCCCO)n1.O=C(O)C=CC(=O)O. The van der Waals surface area contributed by atoms with Gasteiger partial charge in [0.1, 0.15) is 6.54 Å². The molecule has 0 aliphatic carbocycles. The fourth-order valence-corrected chi connectivity index (χ4v) is 1.21. The molecule has 14 heteroatoms. The number of carbonyl (C=O) groups is 2. The molecule has 1 rings (SSSR count). The smallest absolute Gasteiger partial charge is 0.408 e. The number of aliphatic carboxylic acids is 2. The highest BCUT2D eigenvalue weighted by atomic mass is 19.4. The summed E-state index contributed by atoms with van der Waals surface area (Å²) in [5.41, 5.74) is 5.28. The zero-order valence-electron chi connectivity index (χ0n) is 14.3. The van der Waals surface area contributed by atoms with Crippen molar-refractivity contribution in [3.63, 3.8) is 0 Å². The van der Waals surface area contributed by atoms with Gasteiger partial charge >= 0.3 is 18.1 Å². The van der Waals surface area contributed by atoms with Gasteiger partial charge in [0, 0.05) is 25.2 Å². The Morgan fingerprint density at radius 2 is 1.86 bits per heavy atom. The lowest BCUT2D eigenvalue weighted by Crippen LogP contribution is -2.26. The van der Waals surface area contributed by atoms with E-state index in [2.05, 4.69) is 20.3 Å². The van der Waals surface area contributed by atoms with Gasteiger partial charge in [-0.1, -0.05) is 0 Å². The number of nitrogens with zero attached hydrogens (tertiary/aromatic N) is 3. The Morgan fingerprint density at radius 3 is 2.36 bits per heavy atom. The number of aliphatic hydroxyl groups excluding tert-OH is 1. The van der Waals surface area contributed by atoms with Crippen molar-refractivity contribution in [3.05, 3.63) is 24.5 Å². The highest BCUT2D eigenvalue weighted by Crippen LogP contribution is 2.14. The Kier molecular flexibility index (Phi) is 11.3. The van der Waals surface area contributed by atoms with E-state index in [4.69, 9.17) is 25.8 Å². The van der Waals surface area contributed by atoms with Gasteiger partial charge in [0.2, 0.25) is 5.88 Å². The Labute approximate surface area is 156 Å². The molecule has 156 valence electrons. The maximum absolute atomic E-state index is 11.9. The van der Waals surface area contributed by atoms with E-state index in [9.17, 15) is 22.8 Å². The Morgan fingerprint density at radius 1 is 1.25 bits per heavy atom. The zero-order valence-corrected chi connectivity index (χ0v) is 14.3. The molecule has 0 saturated heterocycles. The number of anilines is 1. The van der Waals surface area contributed by atoms with Gasteiger partial charge < -0.3 is 31.1 Å². The summed E-state index contributed by atoms with van der Waals surface area (Å²) in [7, 11) is 0. The van der Waals surface area contributed by atoms with E-state index in [1.54, 1.807) is 0 Å². The Hall–Kier alpha value is -3.42. The number of nitrogens with one attached hydrogen (secondary N) is 1. The van der Waals surface area contributed by atoms with Crippen LogP contribution in [0.5, 0.6) is 5.88 Å². The highest BCUT2D eigenvalue weighted by Gasteiger charge is 2.26. The third kappa shape index (κ3) is 14.9. The van der Waals surface area contributed by atoms with Crippen molar-refractivity contribution >= 4 is 23.7 Å². The molecule has 0 aliphatic heterocycles. The predicted molar refractivity (Wildman–Crippen MR) is 89.8 cm³/mol. The maximum Gasteiger partial charge on any atom is 0.408 e. The highest BCUT2D eigenvalue weighted by molar-refractivity contribution is 5.91. The molecule has 0 aromatic carbocycles. The van der Waals surface area contributed by atoms with E-state index in [-0.39, 0.29) is 24.9 Å². The number of rotatable bonds is 8. The van der Waals surface area contributed by atoms with Crippen LogP contribution in [0.25, 0.3) is 0 Å². The molecule has 0 aliphatic rings. The van der Waals surface area contributed by atoms with E-state index >= 15 is 0 Å². The molecule has 6 N–H and O–H groups in total. The molecular formula is C14H18F3N5O6. The summed E-state index contributed by atoms with van der Waals surface area (Å²) in [6.45, 7) is -1.17. The number of aliphatic imine (C=N–C) groups is 1. The average molecular weight is 409 g/mol. The van der Waals surface area contributed by atoms with Crippen LogP contribution in [0.1, 0.15) is 6.42 Å². The van der Waals surface area contributed by atoms with E-state index in [1.165, 1.54) is 12.4 Å². The number of nitrogens with two attached hydrogens (primary N) is 1. The number of aromatic nitrogens is 2. The number of alkyl halides is 3. The number of aliphatic hydroxyl groups is 1. The second-order valence-corrected chi connectivity index (χ2v) is 4.62. The molecule has 0 atom stereocenters. The molecular weight excluding hydrogens is 391 g/mol. The standard InChI is InChI=1S/C10H14F3N5O2.C4H4O4/c11-10(12,13)6-16-9(14)18-7-4-15-5-8(17-7)20-3-1-2-19;5-3(6)1-2-4(7)8/h4-5,19H,1-3,6H2,(H3,14,16,17,18);1-2H,(H,5,6)(H,7,8). The van der Waals surface area contributed by atoms with Crippen LogP contribution in [-0.4, -0.2) is 69.1 Å². The molecule has 28 heavy (non-hydrogen) atoms. The second kappa shape index (κ2) is 12.9. The molecule has 0 bridgehead atoms. The third-order valence-corrected chi connectivity index (χ3v) is 2.22. The van der Waals surface area contributed by atoms with Crippen molar-refractivity contribution in [2.24, 2.45) is 10.7 Å². The molecule has 0 radical (unpaired) electrons. The van der Waals surface area contributed by atoms with Crippen molar-refractivity contribution < 1.29 is 42.8 Å². The molecule has 1 aromatic heterocycles. The van der Waals surface area contributed by atoms with Gasteiger partial charge in [-0.05, 0) is 0 Å². The number of hydrogen-bond acceptors (Lipinski definition) is 7. The van der Waals surface area contributed by atoms with Crippen molar-refractivity contribution in [2.45, 2.75) is 12.6 Å². The number of halogens is 3. The Bertz CT molecular complexity index is 680. The number of carboxylic acids is 2. The quantitative estimate of drug-likeness (QED) is 0.173. The lowest BCUT2D eigenvalue weighted by molar-refractivity contribution is -0.134. The first kappa shape index (κ1) is 24.6. The molecule has 0 unspecified atom stereocenters. The fraction of sp³-hybridized carbons (Fsp3) is 0.357. The minimum atomic E-state index is -4.42. The summed E-state index contributed by atoms with van der Waals surface area (Å²) >= 11 is 0. The van der Waals surface area contributed by atoms with Gasteiger partial charge in [0.15, 0.2) is 11.8 Å². The first-order valence-corrected chi connectivity index (χ1v) is 7.37. The number of ether oxygens (including phenoxy) is 1. The van der Waals surface area contributed by atoms with Crippen LogP contribution in [0.3, 0.4) is 0 Å². The van der Waals surface area contributed by atoms with E-state index in [1.807, 2.05) is 0 Å². The van der Waals surface area contributed by atoms with Crippen LogP contribution >= 0.6 is 0 Å². The first-order valence-electron chi connectivity index (χ1n) is 7.37. The van der Waals surface area contributed by atoms with Gasteiger partial charge in [-0.25, -0.2) is 14.6 Å². The normalized spacial score (nSPS) is 11.5. The topological polar surface area (TPSA) is 180 Å². The van der Waals surface area contributed by atoms with E-state index in [0.29, 0.717) is 18.6 Å². The van der Waals surface area contributed by atoms with Gasteiger partial charge in [0.25, 0.3) is 0 Å². The summed E-state index contributed by atoms with van der Waals surface area (Å²) in [5.74, 6) is -2.68. The average Bonchev–Trinajstić information content (AvgIpc) is 2.59. The summed E-state index contributed by atoms with van der Waals surface area (Å²) in [4.78, 5) is 29.9. The van der Waals surface area contributed by atoms with Gasteiger partial charge in [-0.3, -0.25) is 4.98 Å². The van der Waals surface area contributed by atoms with Crippen LogP contribution in [0.15, 0.2) is 29.5 Å². The zero-order chi connectivity index (χ0) is 21.6. The van der Waals surface area contributed by atoms with E-state index in [0.717, 1.165) is 0 Å². The molecule has 0 fully saturated rings. The van der Waals surface area contributed by atoms with Crippen molar-refractivity contribution in [2.75, 3.05) is 25.1 Å². The monoisotopic (exact) mass is 409 g/mol. The predicted octanol–water partition coefficient (Wildman–Crippen LogP) is 0.238. The minimum absolute atomic E-state index is 0.0254. The van der Waals surface area contributed by atoms with Crippen LogP contribution in [0.2, 0.25) is 0 Å². The maximum atomic E-state index is 11.9. The van der Waals surface area contributed by atoms with Crippen molar-refractivity contribution in [1.29, 1.82) is 0 Å². The summed E-state index contributed by atoms with van der Waals surface area (Å²) in [6.07, 6.45) is -0.299. The van der Waals surface area contributed by atoms with Crippen LogP contribution in [-0.2, 0) is 9.59 Å². The Balaban J connectivity index is 0.000000769. The second-order valence-electron chi connectivity index (χ2n) is 4.62. The molecule has 0 spiro atoms. The summed E-state index contributed by atoms with van der Waals surface area (Å²) in [6, 6.07) is 0. The van der Waals surface area contributed by atoms with Crippen molar-refractivity contribution in [1.82, 2.24) is 9.97 Å². The lowest BCUT2D eigenvalue weighted by atomic mass is 10.5. The number of carboxylic acid groups (broad SMARTS) is 2. The fourth-order valence-electron chi connectivity index (χ4n) is 1.21. The van der Waals surface area contributed by atoms with Crippen LogP contribution < -0.4 is 15.8 Å². The van der Waals surface area contributed by atoms with E-state index < -0.39 is 30.6 Å². The van der Waals surface area contributed by atoms with Crippen molar-refractivity contribution in [3.8, 4) is 5.88 Å². The molecule has 0 saturated carbocycles. The number of guanidine groups is 1. The number of hydrogen-bond donors (Lipinski definition) is 5. The largest absolute Gasteiger partial charge is 0.478 e. The van der Waals surface area contributed by atoms with Crippen LogP contribution in [0, 0.1) is 0 Å². The van der Waals surface area contributed by atoms with Gasteiger partial charge in [0.05, 0.1) is 19.0 Å². The lowest BCUT2D eigenvalue weighted by Gasteiger charge is -2.08. The summed E-state index contributed by atoms with van der Waals surface area (Å²) in [5, 5.41) is 26.6. The molecule has 11 nitrogen and oxygen atoms in total.